The van der Waals surface area contributed by atoms with E-state index < -0.39 is 0 Å². The lowest BCUT2D eigenvalue weighted by atomic mass is 10.0. The van der Waals surface area contributed by atoms with Gasteiger partial charge >= 0.3 is 0 Å². The Morgan fingerprint density at radius 1 is 1.41 bits per heavy atom. The van der Waals surface area contributed by atoms with E-state index in [2.05, 4.69) is 45.6 Å². The number of para-hydroxylation sites is 1. The summed E-state index contributed by atoms with van der Waals surface area (Å²) in [5.41, 5.74) is 1.32. The van der Waals surface area contributed by atoms with Gasteiger partial charge in [-0.2, -0.15) is 5.10 Å². The first-order valence-corrected chi connectivity index (χ1v) is 10.8. The SMILES string of the molecule is CN=C(NCC(C)CSc1ccccc1OC)N1CCC(c2cnn(C)c2)C1.I. The van der Waals surface area contributed by atoms with Crippen LogP contribution in [0.5, 0.6) is 5.75 Å². The maximum Gasteiger partial charge on any atom is 0.193 e. The minimum absolute atomic E-state index is 0. The minimum atomic E-state index is 0. The summed E-state index contributed by atoms with van der Waals surface area (Å²) in [6, 6.07) is 8.19. The maximum absolute atomic E-state index is 5.44. The van der Waals surface area contributed by atoms with Crippen molar-refractivity contribution in [1.29, 1.82) is 0 Å². The molecule has 0 amide bonds. The van der Waals surface area contributed by atoms with Crippen molar-refractivity contribution < 1.29 is 4.74 Å². The highest BCUT2D eigenvalue weighted by Crippen LogP contribution is 2.30. The second-order valence-corrected chi connectivity index (χ2v) is 8.44. The first kappa shape index (κ1) is 23.9. The van der Waals surface area contributed by atoms with Gasteiger partial charge in [-0.1, -0.05) is 19.1 Å². The molecule has 0 spiro atoms. The molecule has 1 aromatic carbocycles. The maximum atomic E-state index is 5.44. The number of guanidine groups is 1. The van der Waals surface area contributed by atoms with Crippen molar-refractivity contribution in [3.8, 4) is 5.75 Å². The Labute approximate surface area is 195 Å². The third kappa shape index (κ3) is 6.53. The summed E-state index contributed by atoms with van der Waals surface area (Å²) in [6.45, 7) is 5.20. The van der Waals surface area contributed by atoms with Crippen molar-refractivity contribution in [2.45, 2.75) is 24.2 Å². The molecule has 2 unspecified atom stereocenters. The van der Waals surface area contributed by atoms with Crippen molar-refractivity contribution in [1.82, 2.24) is 20.0 Å². The van der Waals surface area contributed by atoms with E-state index in [9.17, 15) is 0 Å². The number of nitrogens with zero attached hydrogens (tertiary/aromatic N) is 4. The molecule has 2 atom stereocenters. The normalized spacial score (nSPS) is 17.7. The van der Waals surface area contributed by atoms with Gasteiger partial charge in [0.05, 0.1) is 13.3 Å². The first-order valence-electron chi connectivity index (χ1n) is 9.80. The Balaban J connectivity index is 0.00000300. The predicted molar refractivity (Wildman–Crippen MR) is 132 cm³/mol. The molecule has 6 nitrogen and oxygen atoms in total. The summed E-state index contributed by atoms with van der Waals surface area (Å²) >= 11 is 1.84. The van der Waals surface area contributed by atoms with Crippen LogP contribution >= 0.6 is 35.7 Å². The number of aryl methyl sites for hydroxylation is 1. The fraction of sp³-hybridized carbons (Fsp3) is 0.524. The summed E-state index contributed by atoms with van der Waals surface area (Å²) in [6.07, 6.45) is 5.26. The van der Waals surface area contributed by atoms with Gasteiger partial charge in [0.2, 0.25) is 0 Å². The minimum Gasteiger partial charge on any atom is -0.496 e. The molecular weight excluding hydrogens is 497 g/mol. The number of rotatable bonds is 7. The smallest absolute Gasteiger partial charge is 0.193 e. The Morgan fingerprint density at radius 3 is 2.90 bits per heavy atom. The molecular formula is C21H32IN5OS. The highest BCUT2D eigenvalue weighted by Gasteiger charge is 2.27. The number of methoxy groups -OCH3 is 1. The van der Waals surface area contributed by atoms with Crippen molar-refractivity contribution in [3.05, 3.63) is 42.2 Å². The lowest BCUT2D eigenvalue weighted by Gasteiger charge is -2.23. The van der Waals surface area contributed by atoms with Gasteiger partial charge in [-0.3, -0.25) is 9.67 Å². The molecule has 8 heteroatoms. The quantitative estimate of drug-likeness (QED) is 0.256. The lowest BCUT2D eigenvalue weighted by molar-refractivity contribution is 0.404. The molecule has 1 aromatic heterocycles. The number of nitrogens with one attached hydrogen (secondary N) is 1. The second kappa shape index (κ2) is 11.7. The van der Waals surface area contributed by atoms with Gasteiger partial charge in [0.1, 0.15) is 5.75 Å². The van der Waals surface area contributed by atoms with Crippen LogP contribution in [0.4, 0.5) is 0 Å². The van der Waals surface area contributed by atoms with Crippen LogP contribution in [0.25, 0.3) is 0 Å². The fourth-order valence-corrected chi connectivity index (χ4v) is 4.55. The summed E-state index contributed by atoms with van der Waals surface area (Å²) in [5.74, 6) is 4.03. The molecule has 0 bridgehead atoms. The molecule has 160 valence electrons. The van der Waals surface area contributed by atoms with E-state index in [0.717, 1.165) is 43.5 Å². The molecule has 1 saturated heterocycles. The molecule has 1 aliphatic heterocycles. The number of hydrogen-bond acceptors (Lipinski definition) is 4. The van der Waals surface area contributed by atoms with Crippen LogP contribution < -0.4 is 10.1 Å². The van der Waals surface area contributed by atoms with Gasteiger partial charge in [0.25, 0.3) is 0 Å². The van der Waals surface area contributed by atoms with Crippen LogP contribution in [-0.4, -0.2) is 60.2 Å². The zero-order valence-corrected chi connectivity index (χ0v) is 20.8. The van der Waals surface area contributed by atoms with Crippen LogP contribution in [0.1, 0.15) is 24.8 Å². The Morgan fingerprint density at radius 2 is 2.21 bits per heavy atom. The third-order valence-electron chi connectivity index (χ3n) is 5.10. The summed E-state index contributed by atoms with van der Waals surface area (Å²) < 4.78 is 7.32. The van der Waals surface area contributed by atoms with E-state index in [1.165, 1.54) is 10.5 Å². The average Bonchev–Trinajstić information content (AvgIpc) is 3.36. The molecule has 29 heavy (non-hydrogen) atoms. The molecule has 3 rings (SSSR count). The number of halogens is 1. The van der Waals surface area contributed by atoms with Crippen LogP contribution in [-0.2, 0) is 7.05 Å². The van der Waals surface area contributed by atoms with Crippen molar-refractivity contribution in [2.24, 2.45) is 18.0 Å². The van der Waals surface area contributed by atoms with Crippen molar-refractivity contribution >= 4 is 41.7 Å². The summed E-state index contributed by atoms with van der Waals surface area (Å²) in [7, 11) is 5.57. The molecule has 2 heterocycles. The van der Waals surface area contributed by atoms with Crippen LogP contribution in [0, 0.1) is 5.92 Å². The van der Waals surface area contributed by atoms with E-state index in [1.54, 1.807) is 7.11 Å². The zero-order chi connectivity index (χ0) is 19.9. The lowest BCUT2D eigenvalue weighted by Crippen LogP contribution is -2.41. The molecule has 1 fully saturated rings. The Hall–Kier alpha value is -1.42. The monoisotopic (exact) mass is 529 g/mol. The summed E-state index contributed by atoms with van der Waals surface area (Å²) in [5, 5.41) is 7.87. The van der Waals surface area contributed by atoms with Crippen molar-refractivity contribution in [3.63, 3.8) is 0 Å². The van der Waals surface area contributed by atoms with E-state index in [-0.39, 0.29) is 24.0 Å². The average molecular weight is 529 g/mol. The molecule has 1 aliphatic rings. The largest absolute Gasteiger partial charge is 0.496 e. The fourth-order valence-electron chi connectivity index (χ4n) is 3.50. The van der Waals surface area contributed by atoms with Gasteiger partial charge < -0.3 is 15.0 Å². The van der Waals surface area contributed by atoms with Gasteiger partial charge in [0, 0.05) is 56.5 Å². The molecule has 2 aromatic rings. The topological polar surface area (TPSA) is 54.7 Å². The Bertz CT molecular complexity index is 797. The number of benzene rings is 1. The van der Waals surface area contributed by atoms with Gasteiger partial charge in [0.15, 0.2) is 5.96 Å². The van der Waals surface area contributed by atoms with E-state index in [4.69, 9.17) is 4.74 Å². The highest BCUT2D eigenvalue weighted by molar-refractivity contribution is 14.0. The number of aromatic nitrogens is 2. The number of thioether (sulfide) groups is 1. The van der Waals surface area contributed by atoms with Crippen LogP contribution in [0.2, 0.25) is 0 Å². The number of hydrogen-bond donors (Lipinski definition) is 1. The van der Waals surface area contributed by atoms with Crippen LogP contribution in [0.3, 0.4) is 0 Å². The molecule has 1 N–H and O–H groups in total. The van der Waals surface area contributed by atoms with Gasteiger partial charge in [-0.15, -0.1) is 35.7 Å². The standard InChI is InChI=1S/C21H31N5OS.HI/c1-16(15-28-20-8-6-5-7-19(20)27-4)11-23-21(22-2)26-10-9-17(14-26)18-12-24-25(3)13-18;/h5-8,12-13,16-17H,9-11,14-15H2,1-4H3,(H,22,23);1H. The van der Waals surface area contributed by atoms with E-state index in [0.29, 0.717) is 11.8 Å². The highest BCUT2D eigenvalue weighted by atomic mass is 127. The molecule has 0 radical (unpaired) electrons. The third-order valence-corrected chi connectivity index (χ3v) is 6.48. The van der Waals surface area contributed by atoms with Crippen LogP contribution in [0.15, 0.2) is 46.5 Å². The first-order chi connectivity index (χ1) is 13.6. The number of ether oxygens (including phenoxy) is 1. The van der Waals surface area contributed by atoms with Gasteiger partial charge in [-0.05, 0) is 30.0 Å². The van der Waals surface area contributed by atoms with Gasteiger partial charge in [-0.25, -0.2) is 0 Å². The zero-order valence-electron chi connectivity index (χ0n) is 17.7. The molecule has 0 saturated carbocycles. The number of likely N-dealkylation sites (tertiary alicyclic amines) is 1. The predicted octanol–water partition coefficient (Wildman–Crippen LogP) is 3.84. The molecule has 0 aliphatic carbocycles. The Kier molecular flexibility index (Phi) is 9.61. The summed E-state index contributed by atoms with van der Waals surface area (Å²) in [4.78, 5) is 8.06. The second-order valence-electron chi connectivity index (χ2n) is 7.37. The van der Waals surface area contributed by atoms with E-state index >= 15 is 0 Å². The number of aliphatic imine (C=N–C) groups is 1. The van der Waals surface area contributed by atoms with Crippen molar-refractivity contribution in [2.75, 3.05) is 39.5 Å². The van der Waals surface area contributed by atoms with E-state index in [1.807, 2.05) is 48.9 Å².